The number of aryl methyl sites for hydroxylation is 1. The molecule has 26 heavy (non-hydrogen) atoms. The van der Waals surface area contributed by atoms with Crippen LogP contribution in [-0.4, -0.2) is 31.6 Å². The average Bonchev–Trinajstić information content (AvgIpc) is 3.05. The highest BCUT2D eigenvalue weighted by Crippen LogP contribution is 2.28. The van der Waals surface area contributed by atoms with Crippen molar-refractivity contribution in [2.24, 2.45) is 0 Å². The third-order valence-electron chi connectivity index (χ3n) is 4.47. The molecule has 0 aromatic heterocycles. The molecule has 3 rings (SSSR count). The molecule has 1 aliphatic heterocycles. The minimum Gasteiger partial charge on any atom is -0.495 e. The van der Waals surface area contributed by atoms with Crippen LogP contribution in [0.15, 0.2) is 42.5 Å². The number of fused-ring (bicyclic) bond motifs is 1. The Bertz CT molecular complexity index is 835. The van der Waals surface area contributed by atoms with Crippen LogP contribution in [0.5, 0.6) is 5.75 Å². The van der Waals surface area contributed by atoms with Gasteiger partial charge in [0.1, 0.15) is 11.8 Å². The first-order chi connectivity index (χ1) is 12.5. The summed E-state index contributed by atoms with van der Waals surface area (Å²) in [4.78, 5) is 26.8. The highest BCUT2D eigenvalue weighted by atomic mass is 16.5. The van der Waals surface area contributed by atoms with Crippen LogP contribution in [0.2, 0.25) is 0 Å². The number of nitrogens with one attached hydrogen (secondary N) is 2. The third kappa shape index (κ3) is 3.64. The molecule has 6 nitrogen and oxygen atoms in total. The molecule has 136 valence electrons. The fraction of sp³-hybridized carbons (Fsp3) is 0.300. The number of urea groups is 1. The topological polar surface area (TPSA) is 70.7 Å². The molecular formula is C20H23N3O3. The number of rotatable bonds is 4. The summed E-state index contributed by atoms with van der Waals surface area (Å²) in [7, 11) is 1.55. The Morgan fingerprint density at radius 2 is 1.96 bits per heavy atom. The van der Waals surface area contributed by atoms with Gasteiger partial charge < -0.3 is 20.3 Å². The summed E-state index contributed by atoms with van der Waals surface area (Å²) in [6.45, 7) is 4.26. The molecule has 1 atom stereocenters. The molecule has 0 spiro atoms. The lowest BCUT2D eigenvalue weighted by Gasteiger charge is -2.22. The largest absolute Gasteiger partial charge is 0.495 e. The Hall–Kier alpha value is -3.02. The highest BCUT2D eigenvalue weighted by Gasteiger charge is 2.28. The molecule has 1 heterocycles. The van der Waals surface area contributed by atoms with E-state index in [-0.39, 0.29) is 5.91 Å². The van der Waals surface area contributed by atoms with E-state index in [9.17, 15) is 9.59 Å². The minimum absolute atomic E-state index is 0.124. The monoisotopic (exact) mass is 353 g/mol. The van der Waals surface area contributed by atoms with E-state index in [4.69, 9.17) is 4.74 Å². The Morgan fingerprint density at radius 1 is 1.19 bits per heavy atom. The van der Waals surface area contributed by atoms with Gasteiger partial charge >= 0.3 is 6.03 Å². The van der Waals surface area contributed by atoms with Crippen LogP contribution in [0.1, 0.15) is 18.1 Å². The summed E-state index contributed by atoms with van der Waals surface area (Å²) in [6, 6.07) is 12.3. The maximum Gasteiger partial charge on any atom is 0.319 e. The van der Waals surface area contributed by atoms with Crippen molar-refractivity contribution in [2.45, 2.75) is 26.3 Å². The number of carbonyl (C=O) groups is 2. The minimum atomic E-state index is -0.642. The van der Waals surface area contributed by atoms with Crippen LogP contribution in [0.25, 0.3) is 0 Å². The number of hydrogen-bond acceptors (Lipinski definition) is 3. The van der Waals surface area contributed by atoms with Gasteiger partial charge in [-0.05, 0) is 49.6 Å². The fourth-order valence-electron chi connectivity index (χ4n) is 3.14. The van der Waals surface area contributed by atoms with Gasteiger partial charge in [0, 0.05) is 12.2 Å². The van der Waals surface area contributed by atoms with E-state index in [1.807, 2.05) is 43.3 Å². The number of benzene rings is 2. The third-order valence-corrected chi connectivity index (χ3v) is 4.47. The standard InChI is InChI=1S/C20H23N3O3/c1-13-8-9-18(26-3)16(12-13)22-20(25)21-14(2)19(24)23-11-10-15-6-4-5-7-17(15)23/h4-9,12,14H,10-11H2,1-3H3,(H2,21,22,25)/t14-/m0/s1. The molecule has 0 saturated heterocycles. The summed E-state index contributed by atoms with van der Waals surface area (Å²) in [5, 5.41) is 5.46. The van der Waals surface area contributed by atoms with E-state index in [2.05, 4.69) is 10.6 Å². The Kier molecular flexibility index (Phi) is 5.11. The van der Waals surface area contributed by atoms with Gasteiger partial charge in [-0.15, -0.1) is 0 Å². The Balaban J connectivity index is 1.65. The van der Waals surface area contributed by atoms with Gasteiger partial charge in [0.2, 0.25) is 5.91 Å². The molecule has 0 bridgehead atoms. The van der Waals surface area contributed by atoms with Gasteiger partial charge in [-0.1, -0.05) is 24.3 Å². The van der Waals surface area contributed by atoms with Crippen molar-refractivity contribution in [1.29, 1.82) is 0 Å². The van der Waals surface area contributed by atoms with E-state index in [1.165, 1.54) is 0 Å². The normalized spacial score (nSPS) is 13.7. The van der Waals surface area contributed by atoms with Crippen LogP contribution in [0.3, 0.4) is 0 Å². The molecule has 0 fully saturated rings. The zero-order valence-corrected chi connectivity index (χ0v) is 15.2. The van der Waals surface area contributed by atoms with Crippen molar-refractivity contribution in [3.8, 4) is 5.75 Å². The van der Waals surface area contributed by atoms with Crippen LogP contribution in [-0.2, 0) is 11.2 Å². The summed E-state index contributed by atoms with van der Waals surface area (Å²) >= 11 is 0. The lowest BCUT2D eigenvalue weighted by molar-refractivity contribution is -0.119. The summed E-state index contributed by atoms with van der Waals surface area (Å²) in [6.07, 6.45) is 0.835. The zero-order valence-electron chi connectivity index (χ0n) is 15.2. The van der Waals surface area contributed by atoms with Gasteiger partial charge in [0.05, 0.1) is 12.8 Å². The zero-order chi connectivity index (χ0) is 18.7. The van der Waals surface area contributed by atoms with Crippen molar-refractivity contribution in [2.75, 3.05) is 23.9 Å². The number of amides is 3. The Labute approximate surface area is 153 Å². The Morgan fingerprint density at radius 3 is 2.73 bits per heavy atom. The second-order valence-electron chi connectivity index (χ2n) is 6.39. The van der Waals surface area contributed by atoms with E-state index >= 15 is 0 Å². The molecule has 2 aromatic rings. The summed E-state index contributed by atoms with van der Waals surface area (Å²) in [5.74, 6) is 0.444. The number of anilines is 2. The first-order valence-electron chi connectivity index (χ1n) is 8.61. The lowest BCUT2D eigenvalue weighted by atomic mass is 10.2. The second kappa shape index (κ2) is 7.47. The van der Waals surface area contributed by atoms with Crippen LogP contribution < -0.4 is 20.3 Å². The van der Waals surface area contributed by atoms with Crippen LogP contribution in [0.4, 0.5) is 16.2 Å². The van der Waals surface area contributed by atoms with E-state index in [1.54, 1.807) is 25.0 Å². The highest BCUT2D eigenvalue weighted by molar-refractivity contribution is 6.02. The summed E-state index contributed by atoms with van der Waals surface area (Å²) in [5.41, 5.74) is 3.64. The predicted octanol–water partition coefficient (Wildman–Crippen LogP) is 3.10. The molecule has 0 radical (unpaired) electrons. The molecule has 2 N–H and O–H groups in total. The van der Waals surface area contributed by atoms with E-state index in [0.717, 1.165) is 23.2 Å². The van der Waals surface area contributed by atoms with Gasteiger partial charge in [0.15, 0.2) is 0 Å². The average molecular weight is 353 g/mol. The van der Waals surface area contributed by atoms with Gasteiger partial charge in [-0.25, -0.2) is 4.79 Å². The smallest absolute Gasteiger partial charge is 0.319 e. The lowest BCUT2D eigenvalue weighted by Crippen LogP contribution is -2.47. The predicted molar refractivity (Wildman–Crippen MR) is 102 cm³/mol. The van der Waals surface area contributed by atoms with Crippen LogP contribution >= 0.6 is 0 Å². The van der Waals surface area contributed by atoms with Gasteiger partial charge in [-0.2, -0.15) is 0 Å². The first kappa shape index (κ1) is 17.8. The number of ether oxygens (including phenoxy) is 1. The molecule has 0 aliphatic carbocycles. The SMILES string of the molecule is COc1ccc(C)cc1NC(=O)N[C@@H](C)C(=O)N1CCc2ccccc21. The van der Waals surface area contributed by atoms with Crippen LogP contribution in [0, 0.1) is 6.92 Å². The number of methoxy groups -OCH3 is 1. The second-order valence-corrected chi connectivity index (χ2v) is 6.39. The molecule has 0 saturated carbocycles. The maximum absolute atomic E-state index is 12.7. The molecule has 2 aromatic carbocycles. The molecule has 3 amide bonds. The first-order valence-corrected chi connectivity index (χ1v) is 8.61. The molecule has 0 unspecified atom stereocenters. The van der Waals surface area contributed by atoms with Crippen molar-refractivity contribution >= 4 is 23.3 Å². The number of para-hydroxylation sites is 1. The van der Waals surface area contributed by atoms with Crippen molar-refractivity contribution < 1.29 is 14.3 Å². The number of hydrogen-bond donors (Lipinski definition) is 2. The van der Waals surface area contributed by atoms with E-state index < -0.39 is 12.1 Å². The molecular weight excluding hydrogens is 330 g/mol. The molecule has 1 aliphatic rings. The van der Waals surface area contributed by atoms with Crippen molar-refractivity contribution in [3.63, 3.8) is 0 Å². The van der Waals surface area contributed by atoms with E-state index in [0.29, 0.717) is 18.0 Å². The van der Waals surface area contributed by atoms with Gasteiger partial charge in [-0.3, -0.25) is 4.79 Å². The summed E-state index contributed by atoms with van der Waals surface area (Å²) < 4.78 is 5.26. The quantitative estimate of drug-likeness (QED) is 0.887. The van der Waals surface area contributed by atoms with Crippen molar-refractivity contribution in [3.05, 3.63) is 53.6 Å². The molecule has 6 heteroatoms. The maximum atomic E-state index is 12.7. The van der Waals surface area contributed by atoms with Gasteiger partial charge in [0.25, 0.3) is 0 Å². The number of nitrogens with zero attached hydrogens (tertiary/aromatic N) is 1. The fourth-order valence-corrected chi connectivity index (χ4v) is 3.14. The number of carbonyl (C=O) groups excluding carboxylic acids is 2. The van der Waals surface area contributed by atoms with Crippen molar-refractivity contribution in [1.82, 2.24) is 5.32 Å².